The molecule has 1 rings (SSSR count). The van der Waals surface area contributed by atoms with Gasteiger partial charge in [0.05, 0.1) is 6.10 Å². The van der Waals surface area contributed by atoms with E-state index in [-0.39, 0.29) is 5.41 Å². The molecule has 0 bridgehead atoms. The van der Waals surface area contributed by atoms with Crippen LogP contribution in [0.1, 0.15) is 25.5 Å². The summed E-state index contributed by atoms with van der Waals surface area (Å²) in [6, 6.07) is 3.62. The first-order valence-electron chi connectivity index (χ1n) is 4.36. The van der Waals surface area contributed by atoms with Crippen molar-refractivity contribution >= 4 is 0 Å². The van der Waals surface area contributed by atoms with Gasteiger partial charge in [-0.1, -0.05) is 13.8 Å². The first kappa shape index (κ1) is 10.2. The van der Waals surface area contributed by atoms with Crippen LogP contribution in [0.25, 0.3) is 0 Å². The Morgan fingerprint density at radius 2 is 2.00 bits per heavy atom. The summed E-state index contributed by atoms with van der Waals surface area (Å²) in [7, 11) is 0. The molecular weight excluding hydrogens is 164 g/mol. The van der Waals surface area contributed by atoms with Crippen LogP contribution >= 0.6 is 0 Å². The third kappa shape index (κ3) is 2.26. The number of aromatic nitrogens is 1. The lowest BCUT2D eigenvalue weighted by atomic mass is 9.83. The third-order valence-electron chi connectivity index (χ3n) is 2.29. The van der Waals surface area contributed by atoms with Gasteiger partial charge in [-0.05, 0) is 17.7 Å². The van der Waals surface area contributed by atoms with E-state index in [1.807, 2.05) is 26.0 Å². The van der Waals surface area contributed by atoms with Gasteiger partial charge in [-0.3, -0.25) is 4.98 Å². The largest absolute Gasteiger partial charge is 0.388 e. The summed E-state index contributed by atoms with van der Waals surface area (Å²) in [4.78, 5) is 3.89. The second-order valence-corrected chi connectivity index (χ2v) is 3.88. The lowest BCUT2D eigenvalue weighted by Crippen LogP contribution is -2.30. The average molecular weight is 180 g/mol. The Morgan fingerprint density at radius 3 is 2.46 bits per heavy atom. The molecule has 1 aromatic heterocycles. The number of nitrogens with two attached hydrogens (primary N) is 1. The van der Waals surface area contributed by atoms with Gasteiger partial charge in [0.2, 0.25) is 0 Å². The predicted molar refractivity (Wildman–Crippen MR) is 52.0 cm³/mol. The van der Waals surface area contributed by atoms with Crippen LogP contribution in [0, 0.1) is 5.41 Å². The van der Waals surface area contributed by atoms with Gasteiger partial charge in [0.25, 0.3) is 0 Å². The highest BCUT2D eigenvalue weighted by molar-refractivity contribution is 5.15. The molecule has 1 unspecified atom stereocenters. The molecule has 1 heterocycles. The van der Waals surface area contributed by atoms with Crippen LogP contribution < -0.4 is 5.73 Å². The Kier molecular flexibility index (Phi) is 3.01. The molecule has 0 fully saturated rings. The number of aliphatic hydroxyl groups excluding tert-OH is 1. The minimum Gasteiger partial charge on any atom is -0.388 e. The van der Waals surface area contributed by atoms with E-state index in [4.69, 9.17) is 5.73 Å². The van der Waals surface area contributed by atoms with E-state index in [1.54, 1.807) is 12.4 Å². The Bertz CT molecular complexity index is 259. The molecule has 0 spiro atoms. The monoisotopic (exact) mass is 180 g/mol. The van der Waals surface area contributed by atoms with Crippen molar-refractivity contribution in [3.05, 3.63) is 30.1 Å². The number of hydrogen-bond donors (Lipinski definition) is 2. The predicted octanol–water partition coefficient (Wildman–Crippen LogP) is 1.10. The summed E-state index contributed by atoms with van der Waals surface area (Å²) in [5.74, 6) is 0. The van der Waals surface area contributed by atoms with Crippen molar-refractivity contribution in [1.29, 1.82) is 0 Å². The SMILES string of the molecule is CC(C)(CN)C(O)c1ccncc1. The van der Waals surface area contributed by atoms with Crippen LogP contribution in [0.2, 0.25) is 0 Å². The van der Waals surface area contributed by atoms with Crippen molar-refractivity contribution in [2.75, 3.05) is 6.54 Å². The van der Waals surface area contributed by atoms with Gasteiger partial charge in [0.15, 0.2) is 0 Å². The van der Waals surface area contributed by atoms with E-state index in [1.165, 1.54) is 0 Å². The molecular formula is C10H16N2O. The maximum Gasteiger partial charge on any atom is 0.0854 e. The summed E-state index contributed by atoms with van der Waals surface area (Å²) in [6.45, 7) is 4.34. The molecule has 3 heteroatoms. The van der Waals surface area contributed by atoms with Gasteiger partial charge in [0, 0.05) is 24.4 Å². The minimum absolute atomic E-state index is 0.290. The summed E-state index contributed by atoms with van der Waals surface area (Å²) < 4.78 is 0. The van der Waals surface area contributed by atoms with Crippen LogP contribution in [0.3, 0.4) is 0 Å². The van der Waals surface area contributed by atoms with Crippen molar-refractivity contribution < 1.29 is 5.11 Å². The first-order chi connectivity index (χ1) is 6.08. The quantitative estimate of drug-likeness (QED) is 0.732. The number of rotatable bonds is 3. The topological polar surface area (TPSA) is 59.1 Å². The Labute approximate surface area is 78.6 Å². The van der Waals surface area contributed by atoms with E-state index in [0.717, 1.165) is 5.56 Å². The smallest absolute Gasteiger partial charge is 0.0854 e. The van der Waals surface area contributed by atoms with Crippen molar-refractivity contribution in [2.45, 2.75) is 20.0 Å². The molecule has 0 saturated carbocycles. The Hall–Kier alpha value is -0.930. The summed E-state index contributed by atoms with van der Waals surface area (Å²) in [5, 5.41) is 9.94. The average Bonchev–Trinajstić information content (AvgIpc) is 2.18. The molecule has 1 atom stereocenters. The van der Waals surface area contributed by atoms with E-state index >= 15 is 0 Å². The first-order valence-corrected chi connectivity index (χ1v) is 4.36. The highest BCUT2D eigenvalue weighted by atomic mass is 16.3. The molecule has 0 aliphatic heterocycles. The van der Waals surface area contributed by atoms with Crippen molar-refractivity contribution in [3.63, 3.8) is 0 Å². The lowest BCUT2D eigenvalue weighted by Gasteiger charge is -2.29. The molecule has 0 amide bonds. The molecule has 3 nitrogen and oxygen atoms in total. The second kappa shape index (κ2) is 3.85. The van der Waals surface area contributed by atoms with Crippen molar-refractivity contribution in [3.8, 4) is 0 Å². The van der Waals surface area contributed by atoms with Crippen LogP contribution in [-0.2, 0) is 0 Å². The zero-order valence-electron chi connectivity index (χ0n) is 8.07. The van der Waals surface area contributed by atoms with Gasteiger partial charge in [-0.15, -0.1) is 0 Å². The summed E-state index contributed by atoms with van der Waals surface area (Å²) >= 11 is 0. The van der Waals surface area contributed by atoms with Gasteiger partial charge in [-0.2, -0.15) is 0 Å². The molecule has 0 radical (unpaired) electrons. The molecule has 0 aliphatic carbocycles. The fraction of sp³-hybridized carbons (Fsp3) is 0.500. The normalized spacial score (nSPS) is 14.2. The zero-order chi connectivity index (χ0) is 9.90. The van der Waals surface area contributed by atoms with E-state index < -0.39 is 6.10 Å². The van der Waals surface area contributed by atoms with E-state index in [0.29, 0.717) is 6.54 Å². The maximum atomic E-state index is 9.94. The summed E-state index contributed by atoms with van der Waals surface area (Å²) in [5.41, 5.74) is 6.14. The molecule has 72 valence electrons. The molecule has 1 aromatic rings. The van der Waals surface area contributed by atoms with Gasteiger partial charge >= 0.3 is 0 Å². The second-order valence-electron chi connectivity index (χ2n) is 3.88. The van der Waals surface area contributed by atoms with Gasteiger partial charge < -0.3 is 10.8 Å². The summed E-state index contributed by atoms with van der Waals surface area (Å²) in [6.07, 6.45) is 2.82. The molecule has 0 saturated heterocycles. The van der Waals surface area contributed by atoms with Crippen molar-refractivity contribution in [2.24, 2.45) is 11.1 Å². The molecule has 0 aromatic carbocycles. The fourth-order valence-corrected chi connectivity index (χ4v) is 1.11. The number of nitrogens with zero attached hydrogens (tertiary/aromatic N) is 1. The highest BCUT2D eigenvalue weighted by Crippen LogP contribution is 2.31. The third-order valence-corrected chi connectivity index (χ3v) is 2.29. The molecule has 13 heavy (non-hydrogen) atoms. The standard InChI is InChI=1S/C10H16N2O/c1-10(2,7-11)9(13)8-3-5-12-6-4-8/h3-6,9,13H,7,11H2,1-2H3. The minimum atomic E-state index is -0.527. The van der Waals surface area contributed by atoms with Crippen LogP contribution in [0.15, 0.2) is 24.5 Å². The molecule has 3 N–H and O–H groups in total. The maximum absolute atomic E-state index is 9.94. The lowest BCUT2D eigenvalue weighted by molar-refractivity contribution is 0.0554. The number of aliphatic hydroxyl groups is 1. The van der Waals surface area contributed by atoms with Gasteiger partial charge in [0.1, 0.15) is 0 Å². The van der Waals surface area contributed by atoms with Gasteiger partial charge in [-0.25, -0.2) is 0 Å². The number of pyridine rings is 1. The Balaban J connectivity index is 2.85. The van der Waals surface area contributed by atoms with Crippen molar-refractivity contribution in [1.82, 2.24) is 4.98 Å². The van der Waals surface area contributed by atoms with Crippen LogP contribution in [0.5, 0.6) is 0 Å². The number of hydrogen-bond acceptors (Lipinski definition) is 3. The van der Waals surface area contributed by atoms with E-state index in [2.05, 4.69) is 4.98 Å². The van der Waals surface area contributed by atoms with E-state index in [9.17, 15) is 5.11 Å². The molecule has 0 aliphatic rings. The Morgan fingerprint density at radius 1 is 1.46 bits per heavy atom. The van der Waals surface area contributed by atoms with Crippen LogP contribution in [-0.4, -0.2) is 16.6 Å². The fourth-order valence-electron chi connectivity index (χ4n) is 1.11. The van der Waals surface area contributed by atoms with Crippen LogP contribution in [0.4, 0.5) is 0 Å². The highest BCUT2D eigenvalue weighted by Gasteiger charge is 2.27. The zero-order valence-corrected chi connectivity index (χ0v) is 8.07.